The molecule has 0 bridgehead atoms. The minimum atomic E-state index is -0.0393. The second kappa shape index (κ2) is 5.54. The SMILES string of the molecule is CN(Cc1cccs1)C(=O)c1cc(N)ccc1Br. The lowest BCUT2D eigenvalue weighted by molar-refractivity contribution is 0.0785. The van der Waals surface area contributed by atoms with Crippen LogP contribution in [0.2, 0.25) is 0 Å². The molecule has 2 rings (SSSR count). The third-order valence-corrected chi connectivity index (χ3v) is 4.09. The van der Waals surface area contributed by atoms with Crippen LogP contribution in [-0.2, 0) is 6.54 Å². The molecule has 94 valence electrons. The van der Waals surface area contributed by atoms with E-state index in [9.17, 15) is 4.79 Å². The van der Waals surface area contributed by atoms with Crippen molar-refractivity contribution in [3.05, 3.63) is 50.6 Å². The molecule has 0 aliphatic rings. The molecular weight excluding hydrogens is 312 g/mol. The van der Waals surface area contributed by atoms with Crippen LogP contribution < -0.4 is 5.73 Å². The van der Waals surface area contributed by atoms with Crippen molar-refractivity contribution in [1.29, 1.82) is 0 Å². The number of nitrogen functional groups attached to an aromatic ring is 1. The molecule has 1 aromatic carbocycles. The van der Waals surface area contributed by atoms with Gasteiger partial charge < -0.3 is 10.6 Å². The minimum Gasteiger partial charge on any atom is -0.399 e. The number of halogens is 1. The maximum absolute atomic E-state index is 12.3. The predicted octanol–water partition coefficient (Wildman–Crippen LogP) is 3.37. The third-order valence-electron chi connectivity index (χ3n) is 2.54. The molecule has 18 heavy (non-hydrogen) atoms. The van der Waals surface area contributed by atoms with Gasteiger partial charge in [0.1, 0.15) is 0 Å². The van der Waals surface area contributed by atoms with Crippen LogP contribution in [0.15, 0.2) is 40.2 Å². The molecule has 0 fully saturated rings. The van der Waals surface area contributed by atoms with Gasteiger partial charge in [0, 0.05) is 22.1 Å². The Morgan fingerprint density at radius 1 is 1.44 bits per heavy atom. The zero-order chi connectivity index (χ0) is 13.1. The van der Waals surface area contributed by atoms with Gasteiger partial charge in [-0.15, -0.1) is 11.3 Å². The largest absolute Gasteiger partial charge is 0.399 e. The van der Waals surface area contributed by atoms with Gasteiger partial charge in [0.15, 0.2) is 0 Å². The van der Waals surface area contributed by atoms with Gasteiger partial charge in [0.05, 0.1) is 12.1 Å². The van der Waals surface area contributed by atoms with E-state index in [0.717, 1.165) is 9.35 Å². The molecule has 0 spiro atoms. The van der Waals surface area contributed by atoms with E-state index in [1.165, 1.54) is 0 Å². The summed E-state index contributed by atoms with van der Waals surface area (Å²) in [7, 11) is 1.79. The van der Waals surface area contributed by atoms with E-state index in [0.29, 0.717) is 17.8 Å². The number of rotatable bonds is 3. The maximum atomic E-state index is 12.3. The van der Waals surface area contributed by atoms with Crippen LogP contribution >= 0.6 is 27.3 Å². The topological polar surface area (TPSA) is 46.3 Å². The number of anilines is 1. The molecule has 0 atom stereocenters. The Kier molecular flexibility index (Phi) is 4.04. The lowest BCUT2D eigenvalue weighted by atomic mass is 10.2. The molecule has 0 saturated heterocycles. The number of amides is 1. The number of hydrogen-bond donors (Lipinski definition) is 1. The van der Waals surface area contributed by atoms with Crippen molar-refractivity contribution in [2.75, 3.05) is 12.8 Å². The molecule has 1 amide bonds. The highest BCUT2D eigenvalue weighted by atomic mass is 79.9. The van der Waals surface area contributed by atoms with Gasteiger partial charge in [0.2, 0.25) is 0 Å². The van der Waals surface area contributed by atoms with E-state index in [-0.39, 0.29) is 5.91 Å². The Labute approximate surface area is 118 Å². The molecule has 2 aromatic rings. The molecule has 0 saturated carbocycles. The van der Waals surface area contributed by atoms with Crippen molar-refractivity contribution in [3.8, 4) is 0 Å². The van der Waals surface area contributed by atoms with Crippen molar-refractivity contribution in [2.45, 2.75) is 6.54 Å². The van der Waals surface area contributed by atoms with Crippen molar-refractivity contribution in [2.24, 2.45) is 0 Å². The van der Waals surface area contributed by atoms with Crippen LogP contribution in [-0.4, -0.2) is 17.9 Å². The fourth-order valence-electron chi connectivity index (χ4n) is 1.62. The van der Waals surface area contributed by atoms with Crippen molar-refractivity contribution >= 4 is 38.9 Å². The lowest BCUT2D eigenvalue weighted by Crippen LogP contribution is -2.26. The van der Waals surface area contributed by atoms with E-state index in [1.54, 1.807) is 41.5 Å². The average molecular weight is 325 g/mol. The van der Waals surface area contributed by atoms with Crippen LogP contribution in [0.5, 0.6) is 0 Å². The monoisotopic (exact) mass is 324 g/mol. The highest BCUT2D eigenvalue weighted by Gasteiger charge is 2.15. The summed E-state index contributed by atoms with van der Waals surface area (Å²) in [4.78, 5) is 15.1. The van der Waals surface area contributed by atoms with Crippen LogP contribution in [0.1, 0.15) is 15.2 Å². The Bertz CT molecular complexity index is 554. The molecule has 1 heterocycles. The van der Waals surface area contributed by atoms with Crippen LogP contribution in [0.25, 0.3) is 0 Å². The fourth-order valence-corrected chi connectivity index (χ4v) is 2.79. The highest BCUT2D eigenvalue weighted by molar-refractivity contribution is 9.10. The molecule has 5 heteroatoms. The number of carbonyl (C=O) groups is 1. The van der Waals surface area contributed by atoms with Gasteiger partial charge in [-0.2, -0.15) is 0 Å². The van der Waals surface area contributed by atoms with Gasteiger partial charge in [0.25, 0.3) is 5.91 Å². The Balaban J connectivity index is 2.17. The van der Waals surface area contributed by atoms with Crippen molar-refractivity contribution < 1.29 is 4.79 Å². The molecule has 0 radical (unpaired) electrons. The summed E-state index contributed by atoms with van der Waals surface area (Å²) < 4.78 is 0.764. The maximum Gasteiger partial charge on any atom is 0.255 e. The Morgan fingerprint density at radius 2 is 2.22 bits per heavy atom. The summed E-state index contributed by atoms with van der Waals surface area (Å²) in [6.45, 7) is 0.609. The summed E-state index contributed by atoms with van der Waals surface area (Å²) in [6.07, 6.45) is 0. The molecule has 0 unspecified atom stereocenters. The normalized spacial score (nSPS) is 10.3. The minimum absolute atomic E-state index is 0.0393. The van der Waals surface area contributed by atoms with E-state index < -0.39 is 0 Å². The summed E-state index contributed by atoms with van der Waals surface area (Å²) in [6, 6.07) is 9.25. The first-order valence-corrected chi connectivity index (χ1v) is 7.08. The number of benzene rings is 1. The first-order valence-electron chi connectivity index (χ1n) is 5.41. The summed E-state index contributed by atoms with van der Waals surface area (Å²) in [5.41, 5.74) is 6.89. The zero-order valence-corrected chi connectivity index (χ0v) is 12.3. The Hall–Kier alpha value is -1.33. The molecule has 3 nitrogen and oxygen atoms in total. The van der Waals surface area contributed by atoms with Gasteiger partial charge in [-0.05, 0) is 45.6 Å². The Morgan fingerprint density at radius 3 is 2.89 bits per heavy atom. The quantitative estimate of drug-likeness (QED) is 0.880. The fraction of sp³-hybridized carbons (Fsp3) is 0.154. The lowest BCUT2D eigenvalue weighted by Gasteiger charge is -2.17. The van der Waals surface area contributed by atoms with E-state index >= 15 is 0 Å². The van der Waals surface area contributed by atoms with Crippen LogP contribution in [0, 0.1) is 0 Å². The molecule has 2 N–H and O–H groups in total. The first-order chi connectivity index (χ1) is 8.58. The third kappa shape index (κ3) is 2.91. The van der Waals surface area contributed by atoms with E-state index in [1.807, 2.05) is 17.5 Å². The number of nitrogens with two attached hydrogens (primary N) is 1. The smallest absolute Gasteiger partial charge is 0.255 e. The van der Waals surface area contributed by atoms with Crippen molar-refractivity contribution in [3.63, 3.8) is 0 Å². The highest BCUT2D eigenvalue weighted by Crippen LogP contribution is 2.22. The standard InChI is InChI=1S/C13H13BrN2OS/c1-16(8-10-3-2-6-18-10)13(17)11-7-9(15)4-5-12(11)14/h2-7H,8,15H2,1H3. The number of carbonyl (C=O) groups excluding carboxylic acids is 1. The van der Waals surface area contributed by atoms with Crippen LogP contribution in [0.4, 0.5) is 5.69 Å². The number of hydrogen-bond acceptors (Lipinski definition) is 3. The summed E-state index contributed by atoms with van der Waals surface area (Å²) >= 11 is 5.02. The number of nitrogens with zero attached hydrogens (tertiary/aromatic N) is 1. The second-order valence-electron chi connectivity index (χ2n) is 3.98. The van der Waals surface area contributed by atoms with Gasteiger partial charge in [-0.3, -0.25) is 4.79 Å². The molecule has 0 aliphatic heterocycles. The van der Waals surface area contributed by atoms with Gasteiger partial charge in [-0.25, -0.2) is 0 Å². The number of thiophene rings is 1. The van der Waals surface area contributed by atoms with Crippen molar-refractivity contribution in [1.82, 2.24) is 4.90 Å². The van der Waals surface area contributed by atoms with Gasteiger partial charge in [-0.1, -0.05) is 6.07 Å². The average Bonchev–Trinajstić information content (AvgIpc) is 2.84. The second-order valence-corrected chi connectivity index (χ2v) is 5.87. The molecular formula is C13H13BrN2OS. The first kappa shape index (κ1) is 13.1. The predicted molar refractivity (Wildman–Crippen MR) is 78.7 cm³/mol. The van der Waals surface area contributed by atoms with E-state index in [4.69, 9.17) is 5.73 Å². The molecule has 1 aromatic heterocycles. The van der Waals surface area contributed by atoms with Crippen LogP contribution in [0.3, 0.4) is 0 Å². The van der Waals surface area contributed by atoms with E-state index in [2.05, 4.69) is 15.9 Å². The summed E-state index contributed by atoms with van der Waals surface area (Å²) in [5.74, 6) is -0.0393. The van der Waals surface area contributed by atoms with Gasteiger partial charge >= 0.3 is 0 Å². The summed E-state index contributed by atoms with van der Waals surface area (Å²) in [5, 5.41) is 2.00. The molecule has 0 aliphatic carbocycles. The zero-order valence-electron chi connectivity index (χ0n) is 9.89.